The standard InChI is InChI=1S/C20H26N4O2.HI/c1-4-26-19-11-6-5-9-17(19)14-23-20(21-3)22-13-16-8-7-10-18(12-16)24-15(2)25;/h5-12H,4,13-14H2,1-3H3,(H,24,25)(H2,21,22,23);1H. The number of aliphatic imine (C=N–C) groups is 1. The van der Waals surface area contributed by atoms with Gasteiger partial charge in [-0.3, -0.25) is 9.79 Å². The lowest BCUT2D eigenvalue weighted by Gasteiger charge is -2.14. The van der Waals surface area contributed by atoms with Crippen molar-refractivity contribution in [1.82, 2.24) is 10.6 Å². The Morgan fingerprint density at radius 2 is 1.81 bits per heavy atom. The van der Waals surface area contributed by atoms with Crippen LogP contribution in [-0.4, -0.2) is 25.5 Å². The molecule has 0 aliphatic rings. The minimum Gasteiger partial charge on any atom is -0.494 e. The Hall–Kier alpha value is -2.29. The van der Waals surface area contributed by atoms with Gasteiger partial charge in [0.25, 0.3) is 0 Å². The van der Waals surface area contributed by atoms with E-state index < -0.39 is 0 Å². The second-order valence-corrected chi connectivity index (χ2v) is 5.70. The van der Waals surface area contributed by atoms with Crippen molar-refractivity contribution in [3.63, 3.8) is 0 Å². The second-order valence-electron chi connectivity index (χ2n) is 5.70. The fraction of sp³-hybridized carbons (Fsp3) is 0.300. The maximum absolute atomic E-state index is 11.2. The summed E-state index contributed by atoms with van der Waals surface area (Å²) in [5.74, 6) is 1.49. The predicted octanol–water partition coefficient (Wildman–Crippen LogP) is 3.53. The van der Waals surface area contributed by atoms with Crippen LogP contribution in [0.5, 0.6) is 5.75 Å². The lowest BCUT2D eigenvalue weighted by atomic mass is 10.2. The van der Waals surface area contributed by atoms with Gasteiger partial charge < -0.3 is 20.7 Å². The van der Waals surface area contributed by atoms with Crippen molar-refractivity contribution in [3.8, 4) is 5.75 Å². The first-order valence-corrected chi connectivity index (χ1v) is 8.64. The zero-order valence-electron chi connectivity index (χ0n) is 15.9. The number of nitrogens with zero attached hydrogens (tertiary/aromatic N) is 1. The Kier molecular flexibility index (Phi) is 10.2. The third kappa shape index (κ3) is 7.86. The second kappa shape index (κ2) is 12.2. The number of guanidine groups is 1. The molecule has 7 heteroatoms. The SMILES string of the molecule is CCOc1ccccc1CNC(=NC)NCc1cccc(NC(C)=O)c1.I. The van der Waals surface area contributed by atoms with Gasteiger partial charge in [0.05, 0.1) is 6.61 Å². The topological polar surface area (TPSA) is 74.8 Å². The molecule has 27 heavy (non-hydrogen) atoms. The highest BCUT2D eigenvalue weighted by atomic mass is 127. The summed E-state index contributed by atoms with van der Waals surface area (Å²) < 4.78 is 5.64. The van der Waals surface area contributed by atoms with Crippen molar-refractivity contribution >= 4 is 41.5 Å². The van der Waals surface area contributed by atoms with Crippen LogP contribution in [0.1, 0.15) is 25.0 Å². The summed E-state index contributed by atoms with van der Waals surface area (Å²) in [7, 11) is 1.73. The summed E-state index contributed by atoms with van der Waals surface area (Å²) >= 11 is 0. The molecule has 0 aromatic heterocycles. The van der Waals surface area contributed by atoms with E-state index in [0.717, 1.165) is 22.6 Å². The summed E-state index contributed by atoms with van der Waals surface area (Å²) in [5, 5.41) is 9.35. The largest absolute Gasteiger partial charge is 0.494 e. The fourth-order valence-corrected chi connectivity index (χ4v) is 2.49. The van der Waals surface area contributed by atoms with E-state index in [0.29, 0.717) is 25.7 Å². The molecular weight excluding hydrogens is 455 g/mol. The number of amides is 1. The van der Waals surface area contributed by atoms with E-state index in [1.807, 2.05) is 55.5 Å². The highest BCUT2D eigenvalue weighted by Gasteiger charge is 2.04. The molecule has 2 rings (SSSR count). The van der Waals surface area contributed by atoms with Gasteiger partial charge in [0.2, 0.25) is 5.91 Å². The number of carbonyl (C=O) groups is 1. The van der Waals surface area contributed by atoms with E-state index >= 15 is 0 Å². The highest BCUT2D eigenvalue weighted by Crippen LogP contribution is 2.17. The van der Waals surface area contributed by atoms with Gasteiger partial charge in [-0.1, -0.05) is 30.3 Å². The van der Waals surface area contributed by atoms with Crippen molar-refractivity contribution in [2.45, 2.75) is 26.9 Å². The van der Waals surface area contributed by atoms with Gasteiger partial charge in [0.1, 0.15) is 5.75 Å². The van der Waals surface area contributed by atoms with E-state index in [9.17, 15) is 4.79 Å². The Balaban J connectivity index is 0.00000364. The molecule has 3 N–H and O–H groups in total. The van der Waals surface area contributed by atoms with Crippen LogP contribution in [0.15, 0.2) is 53.5 Å². The Morgan fingerprint density at radius 1 is 1.07 bits per heavy atom. The molecule has 0 heterocycles. The minimum atomic E-state index is -0.0828. The zero-order valence-corrected chi connectivity index (χ0v) is 18.2. The molecule has 0 aliphatic heterocycles. The van der Waals surface area contributed by atoms with Gasteiger partial charge in [0, 0.05) is 38.3 Å². The molecule has 0 radical (unpaired) electrons. The number of nitrogens with one attached hydrogen (secondary N) is 3. The number of rotatable bonds is 7. The molecule has 0 bridgehead atoms. The number of anilines is 1. The van der Waals surface area contributed by atoms with Gasteiger partial charge in [-0.25, -0.2) is 0 Å². The zero-order chi connectivity index (χ0) is 18.8. The number of carbonyl (C=O) groups excluding carboxylic acids is 1. The van der Waals surface area contributed by atoms with Gasteiger partial charge >= 0.3 is 0 Å². The average molecular weight is 482 g/mol. The molecule has 1 amide bonds. The van der Waals surface area contributed by atoms with E-state index in [4.69, 9.17) is 4.74 Å². The number of hydrogen-bond acceptors (Lipinski definition) is 3. The molecule has 2 aromatic rings. The fourth-order valence-electron chi connectivity index (χ4n) is 2.49. The van der Waals surface area contributed by atoms with E-state index in [1.165, 1.54) is 6.92 Å². The van der Waals surface area contributed by atoms with Crippen molar-refractivity contribution < 1.29 is 9.53 Å². The molecule has 0 unspecified atom stereocenters. The van der Waals surface area contributed by atoms with Crippen molar-refractivity contribution in [1.29, 1.82) is 0 Å². The number of ether oxygens (including phenoxy) is 1. The van der Waals surface area contributed by atoms with Crippen LogP contribution in [0.3, 0.4) is 0 Å². The summed E-state index contributed by atoms with van der Waals surface area (Å²) in [5.41, 5.74) is 2.91. The van der Waals surface area contributed by atoms with Crippen molar-refractivity contribution in [2.24, 2.45) is 4.99 Å². The molecule has 0 aliphatic carbocycles. The Labute approximate surface area is 177 Å². The Bertz CT molecular complexity index is 765. The molecule has 146 valence electrons. The minimum absolute atomic E-state index is 0. The lowest BCUT2D eigenvalue weighted by Crippen LogP contribution is -2.36. The van der Waals surface area contributed by atoms with Crippen molar-refractivity contribution in [2.75, 3.05) is 19.0 Å². The molecule has 0 saturated carbocycles. The molecule has 0 atom stereocenters. The van der Waals surface area contributed by atoms with E-state index in [-0.39, 0.29) is 29.9 Å². The Morgan fingerprint density at radius 3 is 2.52 bits per heavy atom. The molecule has 0 saturated heterocycles. The third-order valence-corrected chi connectivity index (χ3v) is 3.65. The molecule has 0 fully saturated rings. The van der Waals surface area contributed by atoms with Crippen LogP contribution in [0.25, 0.3) is 0 Å². The van der Waals surface area contributed by atoms with Crippen LogP contribution < -0.4 is 20.7 Å². The maximum Gasteiger partial charge on any atom is 0.221 e. The average Bonchev–Trinajstić information content (AvgIpc) is 2.63. The number of para-hydroxylation sites is 1. The molecule has 2 aromatic carbocycles. The van der Waals surface area contributed by atoms with Crippen molar-refractivity contribution in [3.05, 3.63) is 59.7 Å². The first-order valence-electron chi connectivity index (χ1n) is 8.64. The van der Waals surface area contributed by atoms with Gasteiger partial charge in [0.15, 0.2) is 5.96 Å². The molecule has 6 nitrogen and oxygen atoms in total. The quantitative estimate of drug-likeness (QED) is 0.321. The number of halogens is 1. The van der Waals surface area contributed by atoms with Crippen LogP contribution in [0, 0.1) is 0 Å². The maximum atomic E-state index is 11.2. The van der Waals surface area contributed by atoms with Crippen LogP contribution >= 0.6 is 24.0 Å². The van der Waals surface area contributed by atoms with Crippen LogP contribution in [0.2, 0.25) is 0 Å². The summed E-state index contributed by atoms with van der Waals surface area (Å²) in [6, 6.07) is 15.7. The summed E-state index contributed by atoms with van der Waals surface area (Å²) in [6.45, 7) is 5.31. The summed E-state index contributed by atoms with van der Waals surface area (Å²) in [4.78, 5) is 15.4. The monoisotopic (exact) mass is 482 g/mol. The summed E-state index contributed by atoms with van der Waals surface area (Å²) in [6.07, 6.45) is 0. The smallest absolute Gasteiger partial charge is 0.221 e. The van der Waals surface area contributed by atoms with Gasteiger partial charge in [-0.05, 0) is 30.7 Å². The van der Waals surface area contributed by atoms with E-state index in [2.05, 4.69) is 20.9 Å². The predicted molar refractivity (Wildman–Crippen MR) is 121 cm³/mol. The van der Waals surface area contributed by atoms with Gasteiger partial charge in [-0.15, -0.1) is 24.0 Å². The van der Waals surface area contributed by atoms with Gasteiger partial charge in [-0.2, -0.15) is 0 Å². The van der Waals surface area contributed by atoms with Crippen LogP contribution in [0.4, 0.5) is 5.69 Å². The molecular formula is C20H27IN4O2. The lowest BCUT2D eigenvalue weighted by molar-refractivity contribution is -0.114. The highest BCUT2D eigenvalue weighted by molar-refractivity contribution is 14.0. The first-order chi connectivity index (χ1) is 12.6. The number of benzene rings is 2. The first kappa shape index (κ1) is 22.8. The van der Waals surface area contributed by atoms with Crippen LogP contribution in [-0.2, 0) is 17.9 Å². The third-order valence-electron chi connectivity index (χ3n) is 3.65. The van der Waals surface area contributed by atoms with E-state index in [1.54, 1.807) is 7.05 Å². The molecule has 0 spiro atoms. The number of hydrogen-bond donors (Lipinski definition) is 3. The normalized spacial score (nSPS) is 10.6.